The second kappa shape index (κ2) is 9.77. The van der Waals surface area contributed by atoms with Gasteiger partial charge in [0.05, 0.1) is 25.8 Å². The molecule has 3 aromatic carbocycles. The molecule has 11 nitrogen and oxygen atoms in total. The van der Waals surface area contributed by atoms with Crippen LogP contribution in [0.15, 0.2) is 60.7 Å². The maximum atomic E-state index is 13.3. The Morgan fingerprint density at radius 1 is 1.02 bits per heavy atom. The molecule has 0 radical (unpaired) electrons. The van der Waals surface area contributed by atoms with E-state index in [1.165, 1.54) is 7.11 Å². The van der Waals surface area contributed by atoms with Gasteiger partial charge in [-0.1, -0.05) is 36.4 Å². The molecular weight excluding hydrogens is 526 g/mol. The van der Waals surface area contributed by atoms with E-state index in [4.69, 9.17) is 9.47 Å². The standard InChI is InChI=1S/C30H27N5O6/c1-4-41-27(37)25-23-13-18(8-12-24(23)34(2)33-25)17-5-9-20(10-6-17)30(28(38)31-29(39)32-30)16-35-15-19-7-11-21(40-3)14-22(19)26(35)36/h5-14H,4,15-16H2,1-3H3,(H2,31,32,38,39)/t30-/m0/s1. The summed E-state index contributed by atoms with van der Waals surface area (Å²) in [6, 6.07) is 17.5. The fourth-order valence-corrected chi connectivity index (χ4v) is 5.52. The summed E-state index contributed by atoms with van der Waals surface area (Å²) in [5.74, 6) is -0.707. The first-order valence-corrected chi connectivity index (χ1v) is 13.1. The highest BCUT2D eigenvalue weighted by atomic mass is 16.5. The summed E-state index contributed by atoms with van der Waals surface area (Å²) in [6.07, 6.45) is 0. The Bertz CT molecular complexity index is 1740. The maximum absolute atomic E-state index is 13.3. The molecule has 1 atom stereocenters. The molecule has 1 saturated heterocycles. The van der Waals surface area contributed by atoms with Gasteiger partial charge in [0.25, 0.3) is 11.8 Å². The number of amides is 4. The van der Waals surface area contributed by atoms with E-state index in [1.807, 2.05) is 36.4 Å². The molecule has 0 unspecified atom stereocenters. The second-order valence-corrected chi connectivity index (χ2v) is 10.00. The van der Waals surface area contributed by atoms with Gasteiger partial charge in [0.2, 0.25) is 0 Å². The van der Waals surface area contributed by atoms with Gasteiger partial charge >= 0.3 is 12.0 Å². The second-order valence-electron chi connectivity index (χ2n) is 10.00. The lowest BCUT2D eigenvalue weighted by Crippen LogP contribution is -2.52. The minimum Gasteiger partial charge on any atom is -0.497 e. The number of aryl methyl sites for hydroxylation is 1. The van der Waals surface area contributed by atoms with E-state index in [0.29, 0.717) is 28.8 Å². The number of carbonyl (C=O) groups is 4. The number of urea groups is 1. The number of hydrogen-bond donors (Lipinski definition) is 2. The fourth-order valence-electron chi connectivity index (χ4n) is 5.52. The summed E-state index contributed by atoms with van der Waals surface area (Å²) in [7, 11) is 3.30. The van der Waals surface area contributed by atoms with Gasteiger partial charge in [-0.3, -0.25) is 19.6 Å². The zero-order valence-electron chi connectivity index (χ0n) is 22.7. The molecule has 41 heavy (non-hydrogen) atoms. The Morgan fingerprint density at radius 2 is 1.78 bits per heavy atom. The first-order valence-electron chi connectivity index (χ1n) is 13.1. The smallest absolute Gasteiger partial charge is 0.359 e. The molecule has 1 aromatic heterocycles. The van der Waals surface area contributed by atoms with E-state index >= 15 is 0 Å². The highest BCUT2D eigenvalue weighted by Crippen LogP contribution is 2.34. The summed E-state index contributed by atoms with van der Waals surface area (Å²) in [5, 5.41) is 10.1. The molecule has 0 saturated carbocycles. The van der Waals surface area contributed by atoms with Crippen molar-refractivity contribution in [3.05, 3.63) is 83.0 Å². The molecule has 2 aliphatic heterocycles. The summed E-state index contributed by atoms with van der Waals surface area (Å²) in [6.45, 7) is 2.23. The average Bonchev–Trinajstić information content (AvgIpc) is 3.58. The van der Waals surface area contributed by atoms with Gasteiger partial charge in [0.15, 0.2) is 11.2 Å². The molecule has 11 heteroatoms. The third-order valence-corrected chi connectivity index (χ3v) is 7.60. The van der Waals surface area contributed by atoms with Crippen molar-refractivity contribution in [3.8, 4) is 16.9 Å². The summed E-state index contributed by atoms with van der Waals surface area (Å²) < 4.78 is 12.1. The summed E-state index contributed by atoms with van der Waals surface area (Å²) in [4.78, 5) is 52.9. The van der Waals surface area contributed by atoms with Crippen molar-refractivity contribution in [2.45, 2.75) is 19.0 Å². The van der Waals surface area contributed by atoms with Gasteiger partial charge in [-0.25, -0.2) is 9.59 Å². The largest absolute Gasteiger partial charge is 0.497 e. The van der Waals surface area contributed by atoms with Crippen LogP contribution in [0.2, 0.25) is 0 Å². The topological polar surface area (TPSA) is 132 Å². The van der Waals surface area contributed by atoms with E-state index in [0.717, 1.165) is 22.2 Å². The number of nitrogens with zero attached hydrogens (tertiary/aromatic N) is 3. The predicted molar refractivity (Wildman–Crippen MR) is 148 cm³/mol. The molecule has 2 aliphatic rings. The van der Waals surface area contributed by atoms with Crippen LogP contribution >= 0.6 is 0 Å². The van der Waals surface area contributed by atoms with Crippen molar-refractivity contribution in [1.82, 2.24) is 25.3 Å². The van der Waals surface area contributed by atoms with Gasteiger partial charge in [-0.05, 0) is 53.4 Å². The van der Waals surface area contributed by atoms with Crippen LogP contribution in [0.5, 0.6) is 5.75 Å². The third-order valence-electron chi connectivity index (χ3n) is 7.60. The molecule has 2 N–H and O–H groups in total. The Kier molecular flexibility index (Phi) is 6.21. The van der Waals surface area contributed by atoms with E-state index in [-0.39, 0.29) is 24.8 Å². The number of aromatic nitrogens is 2. The van der Waals surface area contributed by atoms with Crippen LogP contribution in [0, 0.1) is 0 Å². The van der Waals surface area contributed by atoms with Gasteiger partial charge in [-0.2, -0.15) is 5.10 Å². The number of esters is 1. The van der Waals surface area contributed by atoms with Gasteiger partial charge < -0.3 is 19.7 Å². The number of methoxy groups -OCH3 is 1. The zero-order chi connectivity index (χ0) is 28.9. The molecule has 4 aromatic rings. The monoisotopic (exact) mass is 553 g/mol. The quantitative estimate of drug-likeness (QED) is 0.266. The predicted octanol–water partition coefficient (Wildman–Crippen LogP) is 3.12. The number of hydrogen-bond acceptors (Lipinski definition) is 7. The molecule has 3 heterocycles. The van der Waals surface area contributed by atoms with Crippen molar-refractivity contribution in [1.29, 1.82) is 0 Å². The molecule has 0 bridgehead atoms. The number of ether oxygens (including phenoxy) is 2. The van der Waals surface area contributed by atoms with Crippen molar-refractivity contribution < 1.29 is 28.7 Å². The Labute approximate surface area is 235 Å². The van der Waals surface area contributed by atoms with Crippen molar-refractivity contribution in [2.75, 3.05) is 20.3 Å². The minimum atomic E-state index is -1.47. The number of benzene rings is 3. The molecule has 0 aliphatic carbocycles. The number of rotatable bonds is 7. The Morgan fingerprint density at radius 3 is 2.46 bits per heavy atom. The van der Waals surface area contributed by atoms with Gasteiger partial charge in [0.1, 0.15) is 5.75 Å². The summed E-state index contributed by atoms with van der Waals surface area (Å²) in [5.41, 5.74) is 3.06. The maximum Gasteiger partial charge on any atom is 0.359 e. The van der Waals surface area contributed by atoms with Crippen molar-refractivity contribution >= 4 is 34.7 Å². The molecular formula is C30H27N5O6. The van der Waals surface area contributed by atoms with E-state index in [9.17, 15) is 19.2 Å². The summed E-state index contributed by atoms with van der Waals surface area (Å²) >= 11 is 0. The SMILES string of the molecule is CCOC(=O)c1nn(C)c2ccc(-c3ccc([C@]4(CN5Cc6ccc(OC)cc6C5=O)NC(=O)NC4=O)cc3)cc12. The molecule has 1 fully saturated rings. The van der Waals surface area contributed by atoms with E-state index in [2.05, 4.69) is 15.7 Å². The van der Waals surface area contributed by atoms with Crippen LogP contribution in [-0.2, 0) is 28.7 Å². The number of nitrogens with one attached hydrogen (secondary N) is 2. The van der Waals surface area contributed by atoms with Gasteiger partial charge in [-0.15, -0.1) is 0 Å². The van der Waals surface area contributed by atoms with E-state index in [1.54, 1.807) is 47.8 Å². The van der Waals surface area contributed by atoms with Crippen LogP contribution in [0.4, 0.5) is 4.79 Å². The highest BCUT2D eigenvalue weighted by Gasteiger charge is 2.50. The Balaban J connectivity index is 1.33. The van der Waals surface area contributed by atoms with Crippen molar-refractivity contribution in [3.63, 3.8) is 0 Å². The highest BCUT2D eigenvalue weighted by molar-refractivity contribution is 6.08. The molecule has 4 amide bonds. The number of fused-ring (bicyclic) bond motifs is 2. The third kappa shape index (κ3) is 4.26. The molecule has 6 rings (SSSR count). The van der Waals surface area contributed by atoms with Crippen molar-refractivity contribution in [2.24, 2.45) is 7.05 Å². The average molecular weight is 554 g/mol. The molecule has 0 spiro atoms. The zero-order valence-corrected chi connectivity index (χ0v) is 22.7. The first kappa shape index (κ1) is 26.1. The van der Waals surface area contributed by atoms with Crippen LogP contribution in [0.1, 0.15) is 38.9 Å². The van der Waals surface area contributed by atoms with Crippen LogP contribution < -0.4 is 15.4 Å². The lowest BCUT2D eigenvalue weighted by Gasteiger charge is -2.31. The van der Waals surface area contributed by atoms with Crippen LogP contribution in [0.3, 0.4) is 0 Å². The van der Waals surface area contributed by atoms with Crippen LogP contribution in [-0.4, -0.2) is 58.8 Å². The number of carbonyl (C=O) groups excluding carboxylic acids is 4. The van der Waals surface area contributed by atoms with Gasteiger partial charge in [0, 0.05) is 24.5 Å². The van der Waals surface area contributed by atoms with E-state index < -0.39 is 23.4 Å². The lowest BCUT2D eigenvalue weighted by atomic mass is 9.88. The Hall–Kier alpha value is -5.19. The minimum absolute atomic E-state index is 0.0513. The first-order chi connectivity index (χ1) is 19.7. The number of imide groups is 1. The molecule has 208 valence electrons. The fraction of sp³-hybridized carbons (Fsp3) is 0.233. The van der Waals surface area contributed by atoms with Crippen LogP contribution in [0.25, 0.3) is 22.0 Å². The lowest BCUT2D eigenvalue weighted by molar-refractivity contribution is -0.124. The normalized spacial score (nSPS) is 17.9.